The van der Waals surface area contributed by atoms with E-state index in [0.29, 0.717) is 18.4 Å². The number of pyridine rings is 1. The van der Waals surface area contributed by atoms with Gasteiger partial charge in [0, 0.05) is 12.6 Å². The molecular weight excluding hydrogens is 256 g/mol. The molecule has 0 saturated carbocycles. The van der Waals surface area contributed by atoms with Crippen molar-refractivity contribution < 1.29 is 4.79 Å². The molecule has 0 aliphatic heterocycles. The van der Waals surface area contributed by atoms with Crippen molar-refractivity contribution in [2.75, 3.05) is 0 Å². The van der Waals surface area contributed by atoms with Crippen LogP contribution in [-0.2, 0) is 11.2 Å². The Labute approximate surface area is 116 Å². The average Bonchev–Trinajstić information content (AvgIpc) is 2.46. The Morgan fingerprint density at radius 2 is 2.16 bits per heavy atom. The summed E-state index contributed by atoms with van der Waals surface area (Å²) in [6.07, 6.45) is 2.76. The van der Waals surface area contributed by atoms with E-state index in [9.17, 15) is 4.79 Å². The lowest BCUT2D eigenvalue weighted by Crippen LogP contribution is -1.96. The molecule has 0 N–H and O–H groups in total. The first-order chi connectivity index (χ1) is 9.28. The lowest BCUT2D eigenvalue weighted by molar-refractivity contribution is -0.110. The zero-order valence-corrected chi connectivity index (χ0v) is 11.1. The summed E-state index contributed by atoms with van der Waals surface area (Å²) in [6, 6.07) is 14.9. The van der Waals surface area contributed by atoms with Crippen molar-refractivity contribution in [3.05, 3.63) is 59.8 Å². The molecule has 1 aromatic carbocycles. The zero-order valence-electron chi connectivity index (χ0n) is 10.2. The molecule has 94 valence electrons. The summed E-state index contributed by atoms with van der Waals surface area (Å²) in [5.74, 6) is 0. The third-order valence-corrected chi connectivity index (χ3v) is 3.41. The number of hydrogen-bond acceptors (Lipinski definition) is 4. The predicted octanol–water partition coefficient (Wildman–Crippen LogP) is 3.20. The van der Waals surface area contributed by atoms with Crippen molar-refractivity contribution >= 4 is 16.9 Å². The van der Waals surface area contributed by atoms with Crippen molar-refractivity contribution in [3.63, 3.8) is 0 Å². The fourth-order valence-electron chi connectivity index (χ4n) is 1.62. The van der Waals surface area contributed by atoms with Crippen molar-refractivity contribution in [1.29, 1.82) is 5.26 Å². The fraction of sp³-hybridized carbons (Fsp3) is 0.133. The largest absolute Gasteiger partial charge is 0.287 e. The van der Waals surface area contributed by atoms with E-state index in [1.54, 1.807) is 12.3 Å². The Morgan fingerprint density at radius 1 is 1.26 bits per heavy atom. The molecule has 0 unspecified atom stereocenters. The molecule has 0 aliphatic carbocycles. The highest BCUT2D eigenvalue weighted by Crippen LogP contribution is 2.18. The van der Waals surface area contributed by atoms with E-state index in [4.69, 9.17) is 5.26 Å². The molecule has 0 saturated heterocycles. The maximum absolute atomic E-state index is 11.8. The monoisotopic (exact) mass is 268 g/mol. The summed E-state index contributed by atoms with van der Waals surface area (Å²) in [5, 5.41) is 9.61. The van der Waals surface area contributed by atoms with Crippen LogP contribution in [0.4, 0.5) is 0 Å². The minimum Gasteiger partial charge on any atom is -0.287 e. The average molecular weight is 268 g/mol. The van der Waals surface area contributed by atoms with Crippen LogP contribution >= 0.6 is 11.8 Å². The maximum Gasteiger partial charge on any atom is 0.195 e. The van der Waals surface area contributed by atoms with Crippen molar-refractivity contribution in [3.8, 4) is 6.07 Å². The van der Waals surface area contributed by atoms with Gasteiger partial charge in [0.05, 0.1) is 11.6 Å². The molecule has 1 heterocycles. The summed E-state index contributed by atoms with van der Waals surface area (Å²) in [4.78, 5) is 15.9. The lowest BCUT2D eigenvalue weighted by Gasteiger charge is -2.01. The number of rotatable bonds is 4. The molecule has 0 amide bonds. The van der Waals surface area contributed by atoms with Crippen LogP contribution in [-0.4, -0.2) is 10.1 Å². The summed E-state index contributed by atoms with van der Waals surface area (Å²) < 4.78 is 0. The van der Waals surface area contributed by atoms with Gasteiger partial charge in [-0.3, -0.25) is 4.79 Å². The van der Waals surface area contributed by atoms with Crippen LogP contribution in [0.5, 0.6) is 0 Å². The van der Waals surface area contributed by atoms with E-state index in [1.807, 2.05) is 36.4 Å². The van der Waals surface area contributed by atoms with E-state index < -0.39 is 0 Å². The van der Waals surface area contributed by atoms with Gasteiger partial charge in [0.15, 0.2) is 5.12 Å². The number of nitrogens with zero attached hydrogens (tertiary/aromatic N) is 2. The van der Waals surface area contributed by atoms with Crippen LogP contribution in [0.1, 0.15) is 17.5 Å². The van der Waals surface area contributed by atoms with Gasteiger partial charge in [0.2, 0.25) is 0 Å². The standard InChI is InChI=1S/C15H12N2OS/c16-11-13-5-3-4-12(10-13)7-8-15(18)19-14-6-1-2-9-17-14/h1-6,9-10H,7-8H2. The van der Waals surface area contributed by atoms with E-state index in [2.05, 4.69) is 11.1 Å². The molecule has 2 aromatic rings. The smallest absolute Gasteiger partial charge is 0.195 e. The normalized spacial score (nSPS) is 9.84. The van der Waals surface area contributed by atoms with Crippen molar-refractivity contribution in [1.82, 2.24) is 4.98 Å². The molecule has 0 spiro atoms. The highest BCUT2D eigenvalue weighted by atomic mass is 32.2. The Bertz CT molecular complexity index is 605. The van der Waals surface area contributed by atoms with Crippen molar-refractivity contribution in [2.45, 2.75) is 17.9 Å². The fourth-order valence-corrected chi connectivity index (χ4v) is 2.32. The topological polar surface area (TPSA) is 53.8 Å². The van der Waals surface area contributed by atoms with Crippen LogP contribution in [0.15, 0.2) is 53.7 Å². The molecule has 1 aromatic heterocycles. The van der Waals surface area contributed by atoms with Gasteiger partial charge in [0.25, 0.3) is 0 Å². The van der Waals surface area contributed by atoms with Gasteiger partial charge < -0.3 is 0 Å². The number of aryl methyl sites for hydroxylation is 1. The molecule has 0 fully saturated rings. The van der Waals surface area contributed by atoms with Gasteiger partial charge in [0.1, 0.15) is 5.03 Å². The number of aromatic nitrogens is 1. The van der Waals surface area contributed by atoms with Crippen LogP contribution in [0.25, 0.3) is 0 Å². The van der Waals surface area contributed by atoms with E-state index in [1.165, 1.54) is 0 Å². The zero-order chi connectivity index (χ0) is 13.5. The molecule has 19 heavy (non-hydrogen) atoms. The summed E-state index contributed by atoms with van der Waals surface area (Å²) in [7, 11) is 0. The predicted molar refractivity (Wildman–Crippen MR) is 74.6 cm³/mol. The van der Waals surface area contributed by atoms with Gasteiger partial charge in [-0.05, 0) is 48.0 Å². The first-order valence-electron chi connectivity index (χ1n) is 5.88. The van der Waals surface area contributed by atoms with Crippen LogP contribution in [0, 0.1) is 11.3 Å². The van der Waals surface area contributed by atoms with Crippen LogP contribution < -0.4 is 0 Å². The molecule has 0 radical (unpaired) electrons. The number of thioether (sulfide) groups is 1. The highest BCUT2D eigenvalue weighted by Gasteiger charge is 2.06. The first-order valence-corrected chi connectivity index (χ1v) is 6.70. The number of hydrogen-bond donors (Lipinski definition) is 0. The third kappa shape index (κ3) is 4.23. The highest BCUT2D eigenvalue weighted by molar-refractivity contribution is 8.13. The number of carbonyl (C=O) groups is 1. The maximum atomic E-state index is 11.8. The SMILES string of the molecule is N#Cc1cccc(CCC(=O)Sc2ccccn2)c1. The number of carbonyl (C=O) groups excluding carboxylic acids is 1. The quantitative estimate of drug-likeness (QED) is 0.799. The molecular formula is C15H12N2OS. The summed E-state index contributed by atoms with van der Waals surface area (Å²) in [6.45, 7) is 0. The van der Waals surface area contributed by atoms with Crippen molar-refractivity contribution in [2.24, 2.45) is 0 Å². The van der Waals surface area contributed by atoms with E-state index in [-0.39, 0.29) is 5.12 Å². The lowest BCUT2D eigenvalue weighted by atomic mass is 10.1. The summed E-state index contributed by atoms with van der Waals surface area (Å²) in [5.41, 5.74) is 1.64. The second-order valence-corrected chi connectivity index (χ2v) is 5.03. The minimum absolute atomic E-state index is 0.0843. The van der Waals surface area contributed by atoms with Gasteiger partial charge in [-0.15, -0.1) is 0 Å². The first kappa shape index (κ1) is 13.3. The van der Waals surface area contributed by atoms with Crippen LogP contribution in [0.3, 0.4) is 0 Å². The second kappa shape index (κ2) is 6.72. The minimum atomic E-state index is 0.0843. The van der Waals surface area contributed by atoms with E-state index >= 15 is 0 Å². The van der Waals surface area contributed by atoms with Gasteiger partial charge in [-0.1, -0.05) is 18.2 Å². The number of nitriles is 1. The second-order valence-electron chi connectivity index (χ2n) is 3.95. The van der Waals surface area contributed by atoms with Gasteiger partial charge in [-0.2, -0.15) is 5.26 Å². The molecule has 0 aliphatic rings. The molecule has 4 heteroatoms. The molecule has 2 rings (SSSR count). The molecule has 0 atom stereocenters. The Balaban J connectivity index is 1.88. The Kier molecular flexibility index (Phi) is 4.71. The number of benzene rings is 1. The van der Waals surface area contributed by atoms with Gasteiger partial charge in [-0.25, -0.2) is 4.98 Å². The van der Waals surface area contributed by atoms with Crippen LogP contribution in [0.2, 0.25) is 0 Å². The van der Waals surface area contributed by atoms with Gasteiger partial charge >= 0.3 is 0 Å². The Hall–Kier alpha value is -2.12. The Morgan fingerprint density at radius 3 is 2.89 bits per heavy atom. The van der Waals surface area contributed by atoms with E-state index in [0.717, 1.165) is 22.4 Å². The summed E-state index contributed by atoms with van der Waals surface area (Å²) >= 11 is 1.16. The third-order valence-electron chi connectivity index (χ3n) is 2.53. The molecule has 3 nitrogen and oxygen atoms in total. The molecule has 0 bridgehead atoms.